The Morgan fingerprint density at radius 1 is 1.36 bits per heavy atom. The van der Waals surface area contributed by atoms with Crippen molar-refractivity contribution in [3.05, 3.63) is 11.4 Å². The first kappa shape index (κ1) is 17.3. The maximum absolute atomic E-state index is 12.2. The molecule has 0 aliphatic carbocycles. The summed E-state index contributed by atoms with van der Waals surface area (Å²) in [5.74, 6) is -0.264. The summed E-state index contributed by atoms with van der Waals surface area (Å²) >= 11 is 0. The smallest absolute Gasteiger partial charge is 0.361 e. The van der Waals surface area contributed by atoms with Gasteiger partial charge in [0.2, 0.25) is 11.6 Å². The summed E-state index contributed by atoms with van der Waals surface area (Å²) in [5.41, 5.74) is 6.46. The van der Waals surface area contributed by atoms with Crippen molar-refractivity contribution in [1.82, 2.24) is 25.3 Å². The molecule has 25 heavy (non-hydrogen) atoms. The Morgan fingerprint density at radius 2 is 2.08 bits per heavy atom. The van der Waals surface area contributed by atoms with E-state index in [9.17, 15) is 4.79 Å². The molecule has 136 valence electrons. The summed E-state index contributed by atoms with van der Waals surface area (Å²) in [4.78, 5) is 13.5. The Kier molecular flexibility index (Phi) is 4.95. The van der Waals surface area contributed by atoms with Gasteiger partial charge < -0.3 is 20.1 Å². The Balaban J connectivity index is 1.95. The van der Waals surface area contributed by atoms with E-state index in [1.54, 1.807) is 6.92 Å². The highest BCUT2D eigenvalue weighted by molar-refractivity contribution is 5.88. The van der Waals surface area contributed by atoms with Crippen LogP contribution in [0.3, 0.4) is 0 Å². The lowest BCUT2D eigenvalue weighted by Gasteiger charge is -2.32. The monoisotopic (exact) mass is 352 g/mol. The molecular formula is C14H22N7O4+. The number of quaternary nitrogens is 1. The van der Waals surface area contributed by atoms with E-state index in [0.717, 1.165) is 13.1 Å². The number of carbonyl (C=O) groups is 1. The molecule has 2 aromatic rings. The van der Waals surface area contributed by atoms with Crippen LogP contribution in [-0.4, -0.2) is 63.2 Å². The summed E-state index contributed by atoms with van der Waals surface area (Å²) in [6.07, 6.45) is 0.237. The molecule has 3 rings (SSSR count). The zero-order chi connectivity index (χ0) is 18.0. The number of nitrogens with zero attached hydrogens (tertiary/aromatic N) is 5. The molecule has 3 N–H and O–H groups in total. The molecular weight excluding hydrogens is 330 g/mol. The Morgan fingerprint density at radius 3 is 2.68 bits per heavy atom. The van der Waals surface area contributed by atoms with Crippen LogP contribution in [0.1, 0.15) is 37.0 Å². The molecule has 11 nitrogen and oxygen atoms in total. The minimum Gasteiger partial charge on any atom is -0.461 e. The van der Waals surface area contributed by atoms with Gasteiger partial charge in [-0.3, -0.25) is 0 Å². The van der Waals surface area contributed by atoms with Gasteiger partial charge in [-0.25, -0.2) is 9.42 Å². The number of carbonyl (C=O) groups excluding carboxylic acids is 1. The van der Waals surface area contributed by atoms with Crippen molar-refractivity contribution in [1.29, 1.82) is 0 Å². The summed E-state index contributed by atoms with van der Waals surface area (Å²) in [6.45, 7) is 8.11. The molecule has 2 aromatic heterocycles. The van der Waals surface area contributed by atoms with Crippen LogP contribution in [-0.2, 0) is 16.0 Å². The van der Waals surface area contributed by atoms with Gasteiger partial charge in [0.15, 0.2) is 5.69 Å². The van der Waals surface area contributed by atoms with Gasteiger partial charge in [0.1, 0.15) is 37.5 Å². The number of morpholine rings is 1. The number of anilines is 1. The molecule has 1 saturated heterocycles. The predicted octanol–water partition coefficient (Wildman–Crippen LogP) is -1.40. The largest absolute Gasteiger partial charge is 0.461 e. The maximum atomic E-state index is 12.2. The van der Waals surface area contributed by atoms with E-state index in [0.29, 0.717) is 12.2 Å². The summed E-state index contributed by atoms with van der Waals surface area (Å²) in [7, 11) is 0. The van der Waals surface area contributed by atoms with E-state index < -0.39 is 5.97 Å². The van der Waals surface area contributed by atoms with Crippen LogP contribution in [0, 0.1) is 0 Å². The number of aromatic nitrogens is 5. The fraction of sp³-hybridized carbons (Fsp3) is 0.643. The minimum atomic E-state index is -0.535. The van der Waals surface area contributed by atoms with Gasteiger partial charge >= 0.3 is 5.97 Å². The van der Waals surface area contributed by atoms with Crippen molar-refractivity contribution in [2.75, 3.05) is 25.4 Å². The van der Waals surface area contributed by atoms with E-state index in [-0.39, 0.29) is 36.1 Å². The lowest BCUT2D eigenvalue weighted by atomic mass is 10.2. The van der Waals surface area contributed by atoms with Crippen LogP contribution in [0.5, 0.6) is 0 Å². The Labute approximate surface area is 144 Å². The van der Waals surface area contributed by atoms with E-state index in [1.165, 1.54) is 9.58 Å². The zero-order valence-electron chi connectivity index (χ0n) is 14.4. The molecule has 0 amide bonds. The molecule has 1 aliphatic heterocycles. The van der Waals surface area contributed by atoms with E-state index in [4.69, 9.17) is 15.2 Å². The first-order valence-corrected chi connectivity index (χ1v) is 8.18. The van der Waals surface area contributed by atoms with Crippen LogP contribution in [0.4, 0.5) is 5.82 Å². The molecule has 0 saturated carbocycles. The van der Waals surface area contributed by atoms with Crippen LogP contribution < -0.4 is 10.6 Å². The molecule has 1 aliphatic rings. The average Bonchev–Trinajstić information content (AvgIpc) is 3.12. The molecule has 1 fully saturated rings. The molecule has 0 bridgehead atoms. The van der Waals surface area contributed by atoms with E-state index >= 15 is 0 Å². The number of hydrogen-bond acceptors (Lipinski definition) is 9. The standard InChI is InChI=1S/C14H21N7O4/c1-4-23-14(22)11-10(7-20-5-8(2)24-9(3)6-20)21(19-16-11)13-12(15)17-25-18-13/h8-9H,4-7H2,1-3H3,(H2,15,17)/p+1. The van der Waals surface area contributed by atoms with Gasteiger partial charge in [-0.15, -0.1) is 5.10 Å². The molecule has 11 heteroatoms. The van der Waals surface area contributed by atoms with Crippen LogP contribution in [0.15, 0.2) is 4.63 Å². The highest BCUT2D eigenvalue weighted by Crippen LogP contribution is 2.16. The SMILES string of the molecule is CCOC(=O)c1nnn(-c2nonc2N)c1C[NH+]1CC(C)OC(C)C1. The summed E-state index contributed by atoms with van der Waals surface area (Å²) in [5, 5.41) is 15.3. The lowest BCUT2D eigenvalue weighted by Crippen LogP contribution is -3.14. The van der Waals surface area contributed by atoms with Crippen molar-refractivity contribution in [2.24, 2.45) is 0 Å². The first-order chi connectivity index (χ1) is 12.0. The van der Waals surface area contributed by atoms with Crippen molar-refractivity contribution < 1.29 is 23.8 Å². The van der Waals surface area contributed by atoms with Crippen molar-refractivity contribution in [2.45, 2.75) is 39.5 Å². The second-order valence-electron chi connectivity index (χ2n) is 6.08. The first-order valence-electron chi connectivity index (χ1n) is 8.18. The average molecular weight is 352 g/mol. The van der Waals surface area contributed by atoms with Crippen LogP contribution in [0.2, 0.25) is 0 Å². The number of rotatable bonds is 5. The molecule has 3 heterocycles. The molecule has 2 atom stereocenters. The number of nitrogens with two attached hydrogens (primary N) is 1. The molecule has 2 unspecified atom stereocenters. The number of nitrogen functional groups attached to an aromatic ring is 1. The Hall–Kier alpha value is -2.53. The number of esters is 1. The minimum absolute atomic E-state index is 0.0697. The fourth-order valence-electron chi connectivity index (χ4n) is 3.10. The highest BCUT2D eigenvalue weighted by atomic mass is 16.6. The van der Waals surface area contributed by atoms with Crippen LogP contribution >= 0.6 is 0 Å². The van der Waals surface area contributed by atoms with Crippen molar-refractivity contribution in [3.63, 3.8) is 0 Å². The predicted molar refractivity (Wildman–Crippen MR) is 84.0 cm³/mol. The van der Waals surface area contributed by atoms with Crippen LogP contribution in [0.25, 0.3) is 5.82 Å². The van der Waals surface area contributed by atoms with Gasteiger partial charge in [-0.05, 0) is 31.1 Å². The molecule has 0 aromatic carbocycles. The maximum Gasteiger partial charge on any atom is 0.361 e. The number of nitrogens with one attached hydrogen (secondary N) is 1. The quantitative estimate of drug-likeness (QED) is 0.623. The topological polar surface area (TPSA) is 136 Å². The van der Waals surface area contributed by atoms with Gasteiger partial charge in [-0.1, -0.05) is 5.21 Å². The second kappa shape index (κ2) is 7.15. The third-order valence-corrected chi connectivity index (χ3v) is 3.96. The van der Waals surface area contributed by atoms with Gasteiger partial charge in [-0.2, -0.15) is 4.68 Å². The fourth-order valence-corrected chi connectivity index (χ4v) is 3.10. The molecule has 0 radical (unpaired) electrons. The van der Waals surface area contributed by atoms with Crippen molar-refractivity contribution in [3.8, 4) is 5.82 Å². The lowest BCUT2D eigenvalue weighted by molar-refractivity contribution is -0.928. The van der Waals surface area contributed by atoms with Gasteiger partial charge in [0.25, 0.3) is 0 Å². The Bertz CT molecular complexity index is 733. The third kappa shape index (κ3) is 3.61. The summed E-state index contributed by atoms with van der Waals surface area (Å²) in [6, 6.07) is 0. The van der Waals surface area contributed by atoms with Crippen molar-refractivity contribution >= 4 is 11.8 Å². The van der Waals surface area contributed by atoms with Gasteiger partial charge in [0, 0.05) is 0 Å². The van der Waals surface area contributed by atoms with Gasteiger partial charge in [0.05, 0.1) is 6.61 Å². The van der Waals surface area contributed by atoms with E-state index in [2.05, 4.69) is 25.3 Å². The third-order valence-electron chi connectivity index (χ3n) is 3.96. The van der Waals surface area contributed by atoms with E-state index in [1.807, 2.05) is 13.8 Å². The highest BCUT2D eigenvalue weighted by Gasteiger charge is 2.31. The second-order valence-corrected chi connectivity index (χ2v) is 6.08. The number of hydrogen-bond donors (Lipinski definition) is 2. The summed E-state index contributed by atoms with van der Waals surface area (Å²) < 4.78 is 16.9. The molecule has 0 spiro atoms. The normalized spacial score (nSPS) is 23.6. The number of ether oxygens (including phenoxy) is 2. The zero-order valence-corrected chi connectivity index (χ0v) is 14.4.